The number of nitrogens with zero attached hydrogens (tertiary/aromatic N) is 2. The maximum Gasteiger partial charge on any atom is 0.257 e. The van der Waals surface area contributed by atoms with E-state index >= 15 is 0 Å². The van der Waals surface area contributed by atoms with Gasteiger partial charge in [-0.25, -0.2) is 9.37 Å². The number of anilines is 1. The summed E-state index contributed by atoms with van der Waals surface area (Å²) in [5, 5.41) is 3.01. The van der Waals surface area contributed by atoms with Crippen LogP contribution in [0.15, 0.2) is 12.3 Å². The number of hydrogen-bond acceptors (Lipinski definition) is 3. The molecule has 1 aliphatic rings. The van der Waals surface area contributed by atoms with Gasteiger partial charge < -0.3 is 10.2 Å². The Hall–Kier alpha value is -1.65. The number of carbonyl (C=O) groups excluding carboxylic acids is 1. The summed E-state index contributed by atoms with van der Waals surface area (Å²) >= 11 is 0. The van der Waals surface area contributed by atoms with Crippen molar-refractivity contribution in [1.29, 1.82) is 0 Å². The van der Waals surface area contributed by atoms with Crippen LogP contribution < -0.4 is 5.32 Å². The molecule has 1 unspecified atom stereocenters. The zero-order valence-electron chi connectivity index (χ0n) is 11.4. The van der Waals surface area contributed by atoms with E-state index in [9.17, 15) is 9.18 Å². The van der Waals surface area contributed by atoms with Crippen LogP contribution in [0.1, 0.15) is 37.0 Å². The molecule has 0 spiro atoms. The van der Waals surface area contributed by atoms with E-state index in [0.29, 0.717) is 23.8 Å². The number of amides is 1. The van der Waals surface area contributed by atoms with Crippen LogP contribution in [-0.2, 0) is 0 Å². The molecular formula is C14H20FN3O. The quantitative estimate of drug-likeness (QED) is 0.910. The summed E-state index contributed by atoms with van der Waals surface area (Å²) in [5.41, 5.74) is 0.332. The monoisotopic (exact) mass is 265 g/mol. The van der Waals surface area contributed by atoms with Gasteiger partial charge >= 0.3 is 0 Å². The van der Waals surface area contributed by atoms with Crippen LogP contribution in [0.4, 0.5) is 10.2 Å². The lowest BCUT2D eigenvalue weighted by molar-refractivity contribution is 0.0787. The number of carbonyl (C=O) groups is 1. The van der Waals surface area contributed by atoms with Crippen molar-refractivity contribution in [2.24, 2.45) is 5.92 Å². The maximum atomic E-state index is 13.3. The molecular weight excluding hydrogens is 245 g/mol. The number of aromatic nitrogens is 1. The van der Waals surface area contributed by atoms with Crippen molar-refractivity contribution in [1.82, 2.24) is 9.88 Å². The van der Waals surface area contributed by atoms with E-state index in [1.165, 1.54) is 6.07 Å². The molecule has 1 fully saturated rings. The van der Waals surface area contributed by atoms with Gasteiger partial charge in [0.1, 0.15) is 11.6 Å². The van der Waals surface area contributed by atoms with Crippen LogP contribution in [0.25, 0.3) is 0 Å². The second-order valence-electron chi connectivity index (χ2n) is 4.89. The Morgan fingerprint density at radius 1 is 1.58 bits per heavy atom. The summed E-state index contributed by atoms with van der Waals surface area (Å²) in [7, 11) is 0. The fourth-order valence-corrected chi connectivity index (χ4v) is 2.43. The first kappa shape index (κ1) is 13.8. The summed E-state index contributed by atoms with van der Waals surface area (Å²) in [6.07, 6.45) is 3.24. The largest absolute Gasteiger partial charge is 0.370 e. The molecule has 1 aromatic rings. The van der Waals surface area contributed by atoms with Gasteiger partial charge in [0.2, 0.25) is 0 Å². The second-order valence-corrected chi connectivity index (χ2v) is 4.89. The topological polar surface area (TPSA) is 45.2 Å². The minimum atomic E-state index is -0.476. The highest BCUT2D eigenvalue weighted by Gasteiger charge is 2.27. The first-order valence-electron chi connectivity index (χ1n) is 6.84. The Bertz CT molecular complexity index is 464. The predicted octanol–water partition coefficient (Wildman–Crippen LogP) is 2.52. The smallest absolute Gasteiger partial charge is 0.257 e. The Kier molecular flexibility index (Phi) is 4.35. The lowest BCUT2D eigenvalue weighted by Crippen LogP contribution is -2.29. The highest BCUT2D eigenvalue weighted by atomic mass is 19.1. The number of likely N-dealkylation sites (tertiary alicyclic amines) is 1. The van der Waals surface area contributed by atoms with E-state index < -0.39 is 5.82 Å². The Labute approximate surface area is 113 Å². The van der Waals surface area contributed by atoms with Crippen LogP contribution in [0.2, 0.25) is 0 Å². The van der Waals surface area contributed by atoms with Gasteiger partial charge in [0.15, 0.2) is 0 Å². The molecule has 0 saturated carbocycles. The molecule has 4 nitrogen and oxygen atoms in total. The van der Waals surface area contributed by atoms with Crippen molar-refractivity contribution in [2.75, 3.05) is 25.0 Å². The van der Waals surface area contributed by atoms with Crippen LogP contribution in [-0.4, -0.2) is 35.4 Å². The maximum absolute atomic E-state index is 13.3. The molecule has 1 aliphatic heterocycles. The molecule has 1 amide bonds. The standard InChI is InChI=1S/C14H20FN3O/c1-3-10-5-6-18(9-10)14(19)12-7-11(15)8-17-13(12)16-4-2/h7-8,10H,3-6,9H2,1-2H3,(H,16,17). The third-order valence-electron chi connectivity index (χ3n) is 3.58. The third kappa shape index (κ3) is 3.03. The van der Waals surface area contributed by atoms with Crippen LogP contribution in [0.3, 0.4) is 0 Å². The van der Waals surface area contributed by atoms with Crippen molar-refractivity contribution in [3.8, 4) is 0 Å². The van der Waals surface area contributed by atoms with Gasteiger partial charge in [-0.2, -0.15) is 0 Å². The van der Waals surface area contributed by atoms with Crippen LogP contribution in [0, 0.1) is 11.7 Å². The average molecular weight is 265 g/mol. The van der Waals surface area contributed by atoms with Crippen molar-refractivity contribution >= 4 is 11.7 Å². The normalized spacial score (nSPS) is 18.7. The third-order valence-corrected chi connectivity index (χ3v) is 3.58. The molecule has 1 aromatic heterocycles. The molecule has 2 rings (SSSR count). The molecule has 19 heavy (non-hydrogen) atoms. The fourth-order valence-electron chi connectivity index (χ4n) is 2.43. The van der Waals surface area contributed by atoms with Gasteiger partial charge in [-0.15, -0.1) is 0 Å². The minimum Gasteiger partial charge on any atom is -0.370 e. The number of hydrogen-bond donors (Lipinski definition) is 1. The van der Waals surface area contributed by atoms with Crippen molar-refractivity contribution < 1.29 is 9.18 Å². The van der Waals surface area contributed by atoms with Crippen LogP contribution >= 0.6 is 0 Å². The van der Waals surface area contributed by atoms with E-state index in [1.807, 2.05) is 6.92 Å². The SMILES string of the molecule is CCNc1ncc(F)cc1C(=O)N1CCC(CC)C1. The molecule has 0 aliphatic carbocycles. The molecule has 1 atom stereocenters. The molecule has 0 radical (unpaired) electrons. The minimum absolute atomic E-state index is 0.126. The average Bonchev–Trinajstić information content (AvgIpc) is 2.89. The lowest BCUT2D eigenvalue weighted by Gasteiger charge is -2.18. The highest BCUT2D eigenvalue weighted by Crippen LogP contribution is 2.23. The van der Waals surface area contributed by atoms with Gasteiger partial charge in [0.25, 0.3) is 5.91 Å². The molecule has 0 bridgehead atoms. The van der Waals surface area contributed by atoms with E-state index in [1.54, 1.807) is 4.90 Å². The van der Waals surface area contributed by atoms with Gasteiger partial charge in [-0.3, -0.25) is 4.79 Å². The summed E-state index contributed by atoms with van der Waals surface area (Å²) in [4.78, 5) is 18.2. The Balaban J connectivity index is 2.20. The summed E-state index contributed by atoms with van der Waals surface area (Å²) < 4.78 is 13.3. The van der Waals surface area contributed by atoms with Gasteiger partial charge in [0, 0.05) is 19.6 Å². The zero-order chi connectivity index (χ0) is 13.8. The Morgan fingerprint density at radius 2 is 2.37 bits per heavy atom. The van der Waals surface area contributed by atoms with E-state index in [0.717, 1.165) is 32.1 Å². The second kappa shape index (κ2) is 5.99. The summed E-state index contributed by atoms with van der Waals surface area (Å²) in [5.74, 6) is 0.428. The van der Waals surface area contributed by atoms with Crippen molar-refractivity contribution in [2.45, 2.75) is 26.7 Å². The number of nitrogens with one attached hydrogen (secondary N) is 1. The lowest BCUT2D eigenvalue weighted by atomic mass is 10.1. The predicted molar refractivity (Wildman–Crippen MR) is 72.7 cm³/mol. The van der Waals surface area contributed by atoms with E-state index in [4.69, 9.17) is 0 Å². The summed E-state index contributed by atoms with van der Waals surface area (Å²) in [6.45, 7) is 6.21. The molecule has 5 heteroatoms. The van der Waals surface area contributed by atoms with Crippen LogP contribution in [0.5, 0.6) is 0 Å². The highest BCUT2D eigenvalue weighted by molar-refractivity contribution is 5.98. The molecule has 1 N–H and O–H groups in total. The fraction of sp³-hybridized carbons (Fsp3) is 0.571. The van der Waals surface area contributed by atoms with Gasteiger partial charge in [0.05, 0.1) is 11.8 Å². The number of pyridine rings is 1. The van der Waals surface area contributed by atoms with Crippen molar-refractivity contribution in [3.05, 3.63) is 23.6 Å². The Morgan fingerprint density at radius 3 is 3.00 bits per heavy atom. The van der Waals surface area contributed by atoms with E-state index in [2.05, 4.69) is 17.2 Å². The molecule has 0 aromatic carbocycles. The molecule has 104 valence electrons. The number of halogens is 1. The van der Waals surface area contributed by atoms with Gasteiger partial charge in [-0.05, 0) is 25.3 Å². The van der Waals surface area contributed by atoms with E-state index in [-0.39, 0.29) is 5.91 Å². The first-order chi connectivity index (χ1) is 9.15. The summed E-state index contributed by atoms with van der Waals surface area (Å²) in [6, 6.07) is 1.27. The van der Waals surface area contributed by atoms with Gasteiger partial charge in [-0.1, -0.05) is 13.3 Å². The first-order valence-corrected chi connectivity index (χ1v) is 6.84. The molecule has 1 saturated heterocycles. The van der Waals surface area contributed by atoms with Crippen molar-refractivity contribution in [3.63, 3.8) is 0 Å². The number of rotatable bonds is 4. The molecule has 2 heterocycles. The zero-order valence-corrected chi connectivity index (χ0v) is 11.4.